The van der Waals surface area contributed by atoms with E-state index in [2.05, 4.69) is 20.6 Å². The number of imide groups is 1. The third-order valence-electron chi connectivity index (χ3n) is 5.37. The molecule has 2 aromatic heterocycles. The minimum absolute atomic E-state index is 0.0599. The average Bonchev–Trinajstić information content (AvgIpc) is 2.75. The fraction of sp³-hybridized carbons (Fsp3) is 0.261. The van der Waals surface area contributed by atoms with Crippen molar-refractivity contribution in [3.63, 3.8) is 0 Å². The van der Waals surface area contributed by atoms with Gasteiger partial charge in [-0.15, -0.1) is 0 Å². The van der Waals surface area contributed by atoms with Crippen LogP contribution in [0.3, 0.4) is 0 Å². The number of carbonyl (C=O) groups excluding carboxylic acids is 3. The van der Waals surface area contributed by atoms with E-state index in [1.807, 2.05) is 31.2 Å². The number of anilines is 1. The van der Waals surface area contributed by atoms with Gasteiger partial charge >= 0.3 is 6.09 Å². The maximum atomic E-state index is 12.2. The molecule has 3 aromatic rings. The topological polar surface area (TPSA) is 110 Å². The Morgan fingerprint density at radius 1 is 1.22 bits per heavy atom. The molecule has 3 heterocycles. The summed E-state index contributed by atoms with van der Waals surface area (Å²) in [5.41, 5.74) is 4.17. The van der Waals surface area contributed by atoms with E-state index in [1.54, 1.807) is 13.0 Å². The lowest BCUT2D eigenvalue weighted by Gasteiger charge is -2.22. The number of carbonyl (C=O) groups is 3. The maximum absolute atomic E-state index is 12.2. The van der Waals surface area contributed by atoms with Gasteiger partial charge in [0, 0.05) is 17.5 Å². The molecule has 1 unspecified atom stereocenters. The van der Waals surface area contributed by atoms with Crippen LogP contribution in [0, 0.1) is 13.8 Å². The summed E-state index contributed by atoms with van der Waals surface area (Å²) in [4.78, 5) is 44.5. The SMILES string of the molecule is Cc1ncc(NC(=O)OCc2ccc3cc(C4CCC(=O)NC4=O)c(C)nc3c2)cc1Cl. The zero-order chi connectivity index (χ0) is 22.8. The molecule has 1 atom stereocenters. The van der Waals surface area contributed by atoms with Gasteiger partial charge in [0.15, 0.2) is 0 Å². The van der Waals surface area contributed by atoms with Gasteiger partial charge in [-0.05, 0) is 49.6 Å². The van der Waals surface area contributed by atoms with E-state index in [4.69, 9.17) is 16.3 Å². The summed E-state index contributed by atoms with van der Waals surface area (Å²) in [6, 6.07) is 9.09. The van der Waals surface area contributed by atoms with Gasteiger partial charge in [-0.2, -0.15) is 0 Å². The van der Waals surface area contributed by atoms with Gasteiger partial charge in [-0.1, -0.05) is 23.7 Å². The molecule has 0 saturated carbocycles. The molecule has 0 spiro atoms. The molecule has 1 aliphatic rings. The van der Waals surface area contributed by atoms with Crippen molar-refractivity contribution in [1.82, 2.24) is 15.3 Å². The highest BCUT2D eigenvalue weighted by atomic mass is 35.5. The predicted molar refractivity (Wildman–Crippen MR) is 119 cm³/mol. The predicted octanol–water partition coefficient (Wildman–Crippen LogP) is 4.17. The molecule has 9 heteroatoms. The lowest BCUT2D eigenvalue weighted by molar-refractivity contribution is -0.134. The quantitative estimate of drug-likeness (QED) is 0.575. The van der Waals surface area contributed by atoms with E-state index < -0.39 is 6.09 Å². The molecule has 3 amide bonds. The average molecular weight is 453 g/mol. The van der Waals surface area contributed by atoms with Crippen molar-refractivity contribution in [2.24, 2.45) is 0 Å². The molecule has 32 heavy (non-hydrogen) atoms. The van der Waals surface area contributed by atoms with Gasteiger partial charge in [-0.25, -0.2) is 4.79 Å². The van der Waals surface area contributed by atoms with Crippen molar-refractivity contribution in [3.05, 3.63) is 64.1 Å². The third-order valence-corrected chi connectivity index (χ3v) is 5.75. The van der Waals surface area contributed by atoms with Crippen molar-refractivity contribution >= 4 is 46.1 Å². The minimum Gasteiger partial charge on any atom is -0.444 e. The number of aromatic nitrogens is 2. The number of fused-ring (bicyclic) bond motifs is 1. The third kappa shape index (κ3) is 4.70. The van der Waals surface area contributed by atoms with Gasteiger partial charge in [-0.3, -0.25) is 30.2 Å². The van der Waals surface area contributed by atoms with Crippen LogP contribution < -0.4 is 10.6 Å². The highest BCUT2D eigenvalue weighted by Crippen LogP contribution is 2.29. The molecule has 1 saturated heterocycles. The summed E-state index contributed by atoms with van der Waals surface area (Å²) < 4.78 is 5.29. The lowest BCUT2D eigenvalue weighted by Crippen LogP contribution is -2.39. The Morgan fingerprint density at radius 3 is 2.78 bits per heavy atom. The number of amides is 3. The zero-order valence-electron chi connectivity index (χ0n) is 17.6. The molecule has 8 nitrogen and oxygen atoms in total. The van der Waals surface area contributed by atoms with Crippen molar-refractivity contribution in [2.75, 3.05) is 5.32 Å². The first-order chi connectivity index (χ1) is 15.3. The number of halogens is 1. The molecule has 0 aliphatic carbocycles. The smallest absolute Gasteiger partial charge is 0.412 e. The van der Waals surface area contributed by atoms with Crippen LogP contribution in [-0.2, 0) is 20.9 Å². The fourth-order valence-electron chi connectivity index (χ4n) is 3.64. The molecule has 1 fully saturated rings. The van der Waals surface area contributed by atoms with E-state index in [9.17, 15) is 14.4 Å². The molecule has 2 N–H and O–H groups in total. The van der Waals surface area contributed by atoms with Gasteiger partial charge in [0.25, 0.3) is 0 Å². The number of ether oxygens (including phenoxy) is 1. The summed E-state index contributed by atoms with van der Waals surface area (Å²) >= 11 is 6.01. The number of piperidine rings is 1. The molecular formula is C23H21ClN4O4. The number of pyridine rings is 2. The Balaban J connectivity index is 1.45. The van der Waals surface area contributed by atoms with Crippen molar-refractivity contribution in [2.45, 2.75) is 39.2 Å². The molecule has 1 aliphatic heterocycles. The fourth-order valence-corrected chi connectivity index (χ4v) is 3.80. The van der Waals surface area contributed by atoms with E-state index in [0.29, 0.717) is 29.2 Å². The second kappa shape index (κ2) is 8.92. The van der Waals surface area contributed by atoms with Crippen LogP contribution in [0.15, 0.2) is 36.5 Å². The lowest BCUT2D eigenvalue weighted by atomic mass is 9.89. The van der Waals surface area contributed by atoms with E-state index in [0.717, 1.165) is 27.7 Å². The number of hydrogen-bond donors (Lipinski definition) is 2. The van der Waals surface area contributed by atoms with Gasteiger partial charge in [0.05, 0.1) is 34.0 Å². The number of nitrogens with one attached hydrogen (secondary N) is 2. The molecule has 0 radical (unpaired) electrons. The van der Waals surface area contributed by atoms with Crippen LogP contribution in [0.25, 0.3) is 10.9 Å². The van der Waals surface area contributed by atoms with Gasteiger partial charge < -0.3 is 4.74 Å². The molecule has 4 rings (SSSR count). The van der Waals surface area contributed by atoms with Gasteiger partial charge in [0.1, 0.15) is 6.61 Å². The Bertz CT molecular complexity index is 1240. The molecule has 0 bridgehead atoms. The molecular weight excluding hydrogens is 432 g/mol. The van der Waals surface area contributed by atoms with Crippen LogP contribution in [0.4, 0.5) is 10.5 Å². The summed E-state index contributed by atoms with van der Waals surface area (Å²) in [5.74, 6) is -0.916. The maximum Gasteiger partial charge on any atom is 0.412 e. The van der Waals surface area contributed by atoms with Crippen LogP contribution in [0.2, 0.25) is 5.02 Å². The first-order valence-corrected chi connectivity index (χ1v) is 10.5. The number of benzene rings is 1. The highest BCUT2D eigenvalue weighted by molar-refractivity contribution is 6.31. The van der Waals surface area contributed by atoms with Crippen LogP contribution in [0.5, 0.6) is 0 Å². The normalized spacial score (nSPS) is 16.0. The number of aryl methyl sites for hydroxylation is 2. The Kier molecular flexibility index (Phi) is 6.05. The minimum atomic E-state index is -0.621. The van der Waals surface area contributed by atoms with Crippen LogP contribution in [0.1, 0.15) is 41.3 Å². The summed E-state index contributed by atoms with van der Waals surface area (Å²) in [5, 5.41) is 6.30. The summed E-state index contributed by atoms with van der Waals surface area (Å²) in [6.07, 6.45) is 1.67. The second-order valence-corrected chi connectivity index (χ2v) is 8.09. The number of nitrogens with zero attached hydrogens (tertiary/aromatic N) is 2. The largest absolute Gasteiger partial charge is 0.444 e. The first-order valence-electron chi connectivity index (χ1n) is 10.1. The van der Waals surface area contributed by atoms with Crippen molar-refractivity contribution < 1.29 is 19.1 Å². The van der Waals surface area contributed by atoms with Crippen LogP contribution in [-0.4, -0.2) is 27.9 Å². The second-order valence-electron chi connectivity index (χ2n) is 7.69. The Hall–Kier alpha value is -3.52. The summed E-state index contributed by atoms with van der Waals surface area (Å²) in [6.45, 7) is 3.67. The van der Waals surface area contributed by atoms with E-state index >= 15 is 0 Å². The summed E-state index contributed by atoms with van der Waals surface area (Å²) in [7, 11) is 0. The van der Waals surface area contributed by atoms with Gasteiger partial charge in [0.2, 0.25) is 11.8 Å². The standard InChI is InChI=1S/C23H21ClN4O4/c1-12-18(17-5-6-21(29)28-22(17)30)8-15-4-3-14(7-20(15)26-12)11-32-23(31)27-16-9-19(24)13(2)25-10-16/h3-4,7-10,17H,5-6,11H2,1-2H3,(H,27,31)(H,28,29,30). The first kappa shape index (κ1) is 21.7. The monoisotopic (exact) mass is 452 g/mol. The molecule has 164 valence electrons. The number of rotatable bonds is 4. The van der Waals surface area contributed by atoms with Crippen molar-refractivity contribution in [1.29, 1.82) is 0 Å². The van der Waals surface area contributed by atoms with Crippen molar-refractivity contribution in [3.8, 4) is 0 Å². The number of hydrogen-bond acceptors (Lipinski definition) is 6. The van der Waals surface area contributed by atoms with E-state index in [1.165, 1.54) is 6.20 Å². The van der Waals surface area contributed by atoms with Crippen LogP contribution >= 0.6 is 11.6 Å². The Labute approximate surface area is 189 Å². The van der Waals surface area contributed by atoms with E-state index in [-0.39, 0.29) is 24.3 Å². The Morgan fingerprint density at radius 2 is 2.03 bits per heavy atom. The zero-order valence-corrected chi connectivity index (χ0v) is 18.3. The molecule has 1 aromatic carbocycles. The highest BCUT2D eigenvalue weighted by Gasteiger charge is 2.29.